The van der Waals surface area contributed by atoms with Gasteiger partial charge in [-0.3, -0.25) is 9.59 Å². The number of amides is 1. The second-order valence-electron chi connectivity index (χ2n) is 9.40. The molecule has 1 aliphatic heterocycles. The Morgan fingerprint density at radius 3 is 2.40 bits per heavy atom. The maximum Gasteiger partial charge on any atom is 0.416 e. The molecule has 0 spiro atoms. The maximum atomic E-state index is 13.3. The van der Waals surface area contributed by atoms with E-state index in [0.29, 0.717) is 17.5 Å². The highest BCUT2D eigenvalue weighted by Gasteiger charge is 2.48. The van der Waals surface area contributed by atoms with Crippen LogP contribution in [0, 0.1) is 12.3 Å². The number of nitrogens with two attached hydrogens (primary N) is 1. The zero-order valence-corrected chi connectivity index (χ0v) is 19.8. The zero-order chi connectivity index (χ0) is 25.9. The molecule has 3 rings (SSSR count). The van der Waals surface area contributed by atoms with Crippen molar-refractivity contribution in [3.05, 3.63) is 70.8 Å². The smallest absolute Gasteiger partial charge is 0.389 e. The first-order chi connectivity index (χ1) is 16.4. The van der Waals surface area contributed by atoms with Crippen molar-refractivity contribution in [2.45, 2.75) is 50.9 Å². The largest absolute Gasteiger partial charge is 0.416 e. The Morgan fingerprint density at radius 2 is 1.86 bits per heavy atom. The van der Waals surface area contributed by atoms with Gasteiger partial charge in [0.1, 0.15) is 6.61 Å². The van der Waals surface area contributed by atoms with Crippen molar-refractivity contribution in [3.8, 4) is 0 Å². The average molecular weight is 493 g/mol. The van der Waals surface area contributed by atoms with Crippen LogP contribution in [0.2, 0.25) is 0 Å². The average Bonchev–Trinajstić information content (AvgIpc) is 2.83. The molecule has 0 bridgehead atoms. The van der Waals surface area contributed by atoms with E-state index in [1.165, 1.54) is 0 Å². The van der Waals surface area contributed by atoms with Gasteiger partial charge in [-0.1, -0.05) is 42.0 Å². The summed E-state index contributed by atoms with van der Waals surface area (Å²) in [6.07, 6.45) is -4.57. The molecule has 35 heavy (non-hydrogen) atoms. The fourth-order valence-corrected chi connectivity index (χ4v) is 4.63. The lowest BCUT2D eigenvalue weighted by molar-refractivity contribution is -0.138. The molecule has 2 aromatic rings. The first kappa shape index (κ1) is 26.8. The first-order valence-corrected chi connectivity index (χ1v) is 11.4. The Kier molecular flexibility index (Phi) is 8.03. The monoisotopic (exact) mass is 492 g/mol. The fourth-order valence-electron chi connectivity index (χ4n) is 4.63. The minimum Gasteiger partial charge on any atom is -0.389 e. The Balaban J connectivity index is 1.85. The Labute approximate surface area is 202 Å². The number of ketones is 1. The van der Waals surface area contributed by atoms with Crippen molar-refractivity contribution in [1.29, 1.82) is 0 Å². The van der Waals surface area contributed by atoms with Crippen LogP contribution in [0.4, 0.5) is 13.2 Å². The van der Waals surface area contributed by atoms with Gasteiger partial charge in [-0.15, -0.1) is 0 Å². The van der Waals surface area contributed by atoms with Crippen LogP contribution in [0.5, 0.6) is 0 Å². The SMILES string of the molecule is Cc1cc([C@@H](C)OC[C@@]2(c3ccccc3)CC[C@@](CC(=O)CO)(C(N)=O)CN2)cc(C(F)(F)F)c1. The van der Waals surface area contributed by atoms with E-state index in [-0.39, 0.29) is 26.0 Å². The van der Waals surface area contributed by atoms with Gasteiger partial charge in [0.05, 0.1) is 29.2 Å². The van der Waals surface area contributed by atoms with E-state index in [1.54, 1.807) is 19.9 Å². The molecule has 9 heteroatoms. The van der Waals surface area contributed by atoms with Gasteiger partial charge < -0.3 is 20.9 Å². The number of benzene rings is 2. The highest BCUT2D eigenvalue weighted by molar-refractivity contribution is 5.89. The van der Waals surface area contributed by atoms with E-state index in [9.17, 15) is 27.9 Å². The quantitative estimate of drug-likeness (QED) is 0.494. The summed E-state index contributed by atoms with van der Waals surface area (Å²) in [7, 11) is 0. The molecule has 0 aromatic heterocycles. The van der Waals surface area contributed by atoms with Crippen LogP contribution in [0.25, 0.3) is 0 Å². The van der Waals surface area contributed by atoms with Crippen LogP contribution in [-0.4, -0.2) is 36.6 Å². The standard InChI is InChI=1S/C26H31F3N2O4/c1-17-10-19(12-21(11-17)26(27,28)29)18(2)35-16-25(20-6-4-3-5-7-20)9-8-24(15-31-25,23(30)34)13-22(33)14-32/h3-7,10-12,18,31-32H,8-9,13-16H2,1-2H3,(H2,30,34)/t18-,24+,25-/m1/s1. The number of rotatable bonds is 9. The predicted molar refractivity (Wildman–Crippen MR) is 124 cm³/mol. The van der Waals surface area contributed by atoms with Crippen LogP contribution in [0.1, 0.15) is 54.5 Å². The summed E-state index contributed by atoms with van der Waals surface area (Å²) < 4.78 is 46.0. The molecule has 1 heterocycles. The van der Waals surface area contributed by atoms with Crippen molar-refractivity contribution in [1.82, 2.24) is 5.32 Å². The molecule has 6 nitrogen and oxygen atoms in total. The molecule has 0 unspecified atom stereocenters. The summed E-state index contributed by atoms with van der Waals surface area (Å²) in [5.74, 6) is -1.09. The van der Waals surface area contributed by atoms with Gasteiger partial charge in [0, 0.05) is 13.0 Å². The van der Waals surface area contributed by atoms with Crippen LogP contribution >= 0.6 is 0 Å². The maximum absolute atomic E-state index is 13.3. The molecule has 1 aliphatic rings. The molecule has 1 amide bonds. The number of nitrogens with one attached hydrogen (secondary N) is 1. The second-order valence-corrected chi connectivity index (χ2v) is 9.40. The summed E-state index contributed by atoms with van der Waals surface area (Å²) >= 11 is 0. The van der Waals surface area contributed by atoms with Gasteiger partial charge in [0.15, 0.2) is 5.78 Å². The van der Waals surface area contributed by atoms with Gasteiger partial charge in [0.2, 0.25) is 5.91 Å². The predicted octanol–water partition coefficient (Wildman–Crippen LogP) is 3.79. The van der Waals surface area contributed by atoms with Gasteiger partial charge in [-0.25, -0.2) is 0 Å². The van der Waals surface area contributed by atoms with Crippen LogP contribution in [0.3, 0.4) is 0 Å². The second kappa shape index (κ2) is 10.5. The molecule has 0 aliphatic carbocycles. The normalized spacial score (nSPS) is 23.6. The molecule has 2 aromatic carbocycles. The van der Waals surface area contributed by atoms with Gasteiger partial charge in [-0.2, -0.15) is 13.2 Å². The number of halogens is 3. The first-order valence-electron chi connectivity index (χ1n) is 11.4. The molecule has 3 atom stereocenters. The van der Waals surface area contributed by atoms with E-state index in [1.807, 2.05) is 30.3 Å². The molecule has 1 saturated heterocycles. The molecular weight excluding hydrogens is 461 g/mol. The summed E-state index contributed by atoms with van der Waals surface area (Å²) in [6, 6.07) is 13.3. The number of piperidine rings is 1. The third-order valence-corrected chi connectivity index (χ3v) is 6.83. The minimum atomic E-state index is -4.46. The number of primary amides is 1. The lowest BCUT2D eigenvalue weighted by Crippen LogP contribution is -2.59. The van der Waals surface area contributed by atoms with E-state index in [4.69, 9.17) is 10.5 Å². The molecule has 1 fully saturated rings. The van der Waals surface area contributed by atoms with E-state index in [2.05, 4.69) is 5.32 Å². The molecular formula is C26H31F3N2O4. The number of carbonyl (C=O) groups excluding carboxylic acids is 2. The fraction of sp³-hybridized carbons (Fsp3) is 0.462. The topological polar surface area (TPSA) is 102 Å². The van der Waals surface area contributed by atoms with Gasteiger partial charge in [0.25, 0.3) is 0 Å². The third-order valence-electron chi connectivity index (χ3n) is 6.83. The number of Topliss-reactive ketones (excluding diaryl/α,β-unsaturated/α-hetero) is 1. The number of aliphatic hydroxyl groups excluding tert-OH is 1. The Morgan fingerprint density at radius 1 is 1.17 bits per heavy atom. The van der Waals surface area contributed by atoms with Crippen molar-refractivity contribution in [3.63, 3.8) is 0 Å². The summed E-state index contributed by atoms with van der Waals surface area (Å²) in [5.41, 5.74) is 4.84. The van der Waals surface area contributed by atoms with E-state index < -0.39 is 47.1 Å². The lowest BCUT2D eigenvalue weighted by atomic mass is 9.69. The van der Waals surface area contributed by atoms with Crippen molar-refractivity contribution in [2.75, 3.05) is 19.8 Å². The number of hydrogen-bond acceptors (Lipinski definition) is 5. The Hall–Kier alpha value is -2.75. The van der Waals surface area contributed by atoms with Crippen molar-refractivity contribution in [2.24, 2.45) is 11.1 Å². The number of carbonyl (C=O) groups is 2. The third kappa shape index (κ3) is 6.09. The minimum absolute atomic E-state index is 0.101. The van der Waals surface area contributed by atoms with Crippen molar-refractivity contribution >= 4 is 11.7 Å². The number of hydrogen-bond donors (Lipinski definition) is 3. The molecule has 190 valence electrons. The number of aliphatic hydroxyl groups is 1. The van der Waals surface area contributed by atoms with Crippen molar-refractivity contribution < 1.29 is 32.6 Å². The van der Waals surface area contributed by atoms with Gasteiger partial charge in [-0.05, 0) is 49.9 Å². The van der Waals surface area contributed by atoms with E-state index >= 15 is 0 Å². The summed E-state index contributed by atoms with van der Waals surface area (Å²) in [6.45, 7) is 2.86. The van der Waals surface area contributed by atoms with Crippen LogP contribution in [0.15, 0.2) is 48.5 Å². The number of ether oxygens (including phenoxy) is 1. The highest BCUT2D eigenvalue weighted by atomic mass is 19.4. The van der Waals surface area contributed by atoms with Crippen LogP contribution < -0.4 is 11.1 Å². The van der Waals surface area contributed by atoms with Gasteiger partial charge >= 0.3 is 6.18 Å². The molecule has 0 saturated carbocycles. The lowest BCUT2D eigenvalue weighted by Gasteiger charge is -2.46. The van der Waals surface area contributed by atoms with Crippen LogP contribution in [-0.2, 0) is 26.0 Å². The summed E-state index contributed by atoms with van der Waals surface area (Å²) in [4.78, 5) is 24.2. The zero-order valence-electron chi connectivity index (χ0n) is 19.8. The highest BCUT2D eigenvalue weighted by Crippen LogP contribution is 2.41. The Bertz CT molecular complexity index is 1050. The molecule has 0 radical (unpaired) electrons. The molecule has 4 N–H and O–H groups in total. The number of aryl methyl sites for hydroxylation is 1. The summed E-state index contributed by atoms with van der Waals surface area (Å²) in [5, 5.41) is 12.5. The number of alkyl halides is 3. The van der Waals surface area contributed by atoms with E-state index in [0.717, 1.165) is 17.7 Å².